The lowest BCUT2D eigenvalue weighted by Crippen LogP contribution is -2.18. The highest BCUT2D eigenvalue weighted by atomic mass is 35.5. The lowest BCUT2D eigenvalue weighted by molar-refractivity contribution is 0.347. The molecule has 1 unspecified atom stereocenters. The maximum Gasteiger partial charge on any atom is 0.123 e. The van der Waals surface area contributed by atoms with Crippen molar-refractivity contribution in [2.45, 2.75) is 33.2 Å². The van der Waals surface area contributed by atoms with Gasteiger partial charge in [0.25, 0.3) is 0 Å². The van der Waals surface area contributed by atoms with Gasteiger partial charge in [0, 0.05) is 11.6 Å². The Morgan fingerprint density at radius 1 is 1.53 bits per heavy atom. The van der Waals surface area contributed by atoms with Crippen LogP contribution in [0.2, 0.25) is 0 Å². The molecule has 0 saturated carbocycles. The molecular weight excluding hydrogens is 234 g/mol. The van der Waals surface area contributed by atoms with Gasteiger partial charge < -0.3 is 10.5 Å². The molecule has 0 aliphatic heterocycles. The van der Waals surface area contributed by atoms with E-state index in [4.69, 9.17) is 22.1 Å². The number of hydrogen-bond acceptors (Lipinski definition) is 2. The third kappa shape index (κ3) is 4.80. The first kappa shape index (κ1) is 14.1. The van der Waals surface area contributed by atoms with Gasteiger partial charge in [0.15, 0.2) is 0 Å². The number of aryl methyl sites for hydroxylation is 1. The SMILES string of the molecule is C/C(=C\Cl)COc1ccc(C)cc1CC(C)N. The van der Waals surface area contributed by atoms with Crippen LogP contribution in [0, 0.1) is 6.92 Å². The molecule has 2 nitrogen and oxygen atoms in total. The van der Waals surface area contributed by atoms with Crippen LogP contribution in [0.3, 0.4) is 0 Å². The van der Waals surface area contributed by atoms with Crippen LogP contribution >= 0.6 is 11.6 Å². The van der Waals surface area contributed by atoms with Gasteiger partial charge in [-0.1, -0.05) is 29.3 Å². The van der Waals surface area contributed by atoms with Gasteiger partial charge in [0.2, 0.25) is 0 Å². The zero-order chi connectivity index (χ0) is 12.8. The maximum absolute atomic E-state index is 5.84. The molecule has 1 atom stereocenters. The molecule has 0 spiro atoms. The van der Waals surface area contributed by atoms with E-state index in [-0.39, 0.29) is 6.04 Å². The smallest absolute Gasteiger partial charge is 0.123 e. The van der Waals surface area contributed by atoms with E-state index in [1.165, 1.54) is 5.56 Å². The Labute approximate surface area is 108 Å². The Morgan fingerprint density at radius 3 is 2.82 bits per heavy atom. The molecule has 0 heterocycles. The van der Waals surface area contributed by atoms with E-state index in [0.29, 0.717) is 6.61 Å². The molecule has 0 aromatic heterocycles. The Balaban J connectivity index is 2.82. The van der Waals surface area contributed by atoms with E-state index in [0.717, 1.165) is 23.3 Å². The Kier molecular flexibility index (Phi) is 5.52. The average molecular weight is 254 g/mol. The van der Waals surface area contributed by atoms with Crippen molar-refractivity contribution < 1.29 is 4.74 Å². The minimum Gasteiger partial charge on any atom is -0.489 e. The van der Waals surface area contributed by atoms with Gasteiger partial charge in [-0.2, -0.15) is 0 Å². The van der Waals surface area contributed by atoms with Gasteiger partial charge in [0.1, 0.15) is 12.4 Å². The summed E-state index contributed by atoms with van der Waals surface area (Å²) in [6.07, 6.45) is 0.820. The van der Waals surface area contributed by atoms with Crippen molar-refractivity contribution in [2.24, 2.45) is 5.73 Å². The molecular formula is C14H20ClNO. The second-order valence-corrected chi connectivity index (χ2v) is 4.75. The summed E-state index contributed by atoms with van der Waals surface area (Å²) in [5.41, 5.74) is 10.8. The molecule has 0 saturated heterocycles. The molecule has 94 valence electrons. The van der Waals surface area contributed by atoms with Crippen LogP contribution in [0.25, 0.3) is 0 Å². The zero-order valence-electron chi connectivity index (χ0n) is 10.7. The highest BCUT2D eigenvalue weighted by Gasteiger charge is 2.06. The first-order chi connectivity index (χ1) is 8.02. The van der Waals surface area contributed by atoms with E-state index >= 15 is 0 Å². The number of halogens is 1. The lowest BCUT2D eigenvalue weighted by Gasteiger charge is -2.14. The van der Waals surface area contributed by atoms with Crippen LogP contribution in [0.1, 0.15) is 25.0 Å². The fourth-order valence-corrected chi connectivity index (χ4v) is 1.64. The summed E-state index contributed by atoms with van der Waals surface area (Å²) in [7, 11) is 0. The summed E-state index contributed by atoms with van der Waals surface area (Å²) in [4.78, 5) is 0. The van der Waals surface area contributed by atoms with Gasteiger partial charge in [-0.05, 0) is 44.4 Å². The fourth-order valence-electron chi connectivity index (χ4n) is 1.58. The van der Waals surface area contributed by atoms with Gasteiger partial charge in [-0.3, -0.25) is 0 Å². The van der Waals surface area contributed by atoms with E-state index in [2.05, 4.69) is 13.0 Å². The fraction of sp³-hybridized carbons (Fsp3) is 0.429. The molecule has 1 aromatic rings. The average Bonchev–Trinajstić information content (AvgIpc) is 2.26. The Hall–Kier alpha value is -0.990. The summed E-state index contributed by atoms with van der Waals surface area (Å²) < 4.78 is 5.74. The monoisotopic (exact) mass is 253 g/mol. The van der Waals surface area contributed by atoms with Crippen molar-refractivity contribution in [3.8, 4) is 5.75 Å². The van der Waals surface area contributed by atoms with Crippen LogP contribution in [0.4, 0.5) is 0 Å². The molecule has 3 heteroatoms. The maximum atomic E-state index is 5.84. The van der Waals surface area contributed by atoms with E-state index in [1.54, 1.807) is 5.54 Å². The normalized spacial score (nSPS) is 13.6. The molecule has 0 aliphatic rings. The van der Waals surface area contributed by atoms with Gasteiger partial charge in [-0.25, -0.2) is 0 Å². The first-order valence-electron chi connectivity index (χ1n) is 5.76. The highest BCUT2D eigenvalue weighted by Crippen LogP contribution is 2.22. The van der Waals surface area contributed by atoms with Crippen molar-refractivity contribution in [2.75, 3.05) is 6.61 Å². The number of rotatable bonds is 5. The summed E-state index contributed by atoms with van der Waals surface area (Å²) in [6.45, 7) is 6.51. The van der Waals surface area contributed by atoms with E-state index in [1.807, 2.05) is 26.0 Å². The number of ether oxygens (including phenoxy) is 1. The standard InChI is InChI=1S/C14H20ClNO/c1-10-4-5-14(17-9-11(2)8-15)13(6-10)7-12(3)16/h4-6,8,12H,7,9,16H2,1-3H3/b11-8+. The van der Waals surface area contributed by atoms with Crippen LogP contribution in [-0.2, 0) is 6.42 Å². The predicted octanol–water partition coefficient (Wildman–Crippen LogP) is 3.41. The number of nitrogens with two attached hydrogens (primary N) is 1. The third-order valence-electron chi connectivity index (χ3n) is 2.40. The quantitative estimate of drug-likeness (QED) is 0.873. The molecule has 2 N–H and O–H groups in total. The molecule has 0 bridgehead atoms. The van der Waals surface area contributed by atoms with Crippen LogP contribution in [0.15, 0.2) is 29.3 Å². The van der Waals surface area contributed by atoms with E-state index < -0.39 is 0 Å². The summed E-state index contributed by atoms with van der Waals surface area (Å²) >= 11 is 5.61. The molecule has 0 radical (unpaired) electrons. The Bertz CT molecular complexity index is 399. The number of benzene rings is 1. The van der Waals surface area contributed by atoms with Crippen LogP contribution in [-0.4, -0.2) is 12.6 Å². The molecule has 0 fully saturated rings. The second kappa shape index (κ2) is 6.67. The minimum absolute atomic E-state index is 0.129. The second-order valence-electron chi connectivity index (χ2n) is 4.54. The van der Waals surface area contributed by atoms with Gasteiger partial charge >= 0.3 is 0 Å². The molecule has 0 amide bonds. The van der Waals surface area contributed by atoms with Crippen molar-refractivity contribution in [1.82, 2.24) is 0 Å². The van der Waals surface area contributed by atoms with Gasteiger partial charge in [-0.15, -0.1) is 0 Å². The van der Waals surface area contributed by atoms with Gasteiger partial charge in [0.05, 0.1) is 0 Å². The molecule has 1 rings (SSSR count). The molecule has 17 heavy (non-hydrogen) atoms. The first-order valence-corrected chi connectivity index (χ1v) is 6.20. The van der Waals surface area contributed by atoms with E-state index in [9.17, 15) is 0 Å². The van der Waals surface area contributed by atoms with Crippen molar-refractivity contribution in [3.05, 3.63) is 40.4 Å². The molecule has 0 aliphatic carbocycles. The van der Waals surface area contributed by atoms with Crippen LogP contribution < -0.4 is 10.5 Å². The summed E-state index contributed by atoms with van der Waals surface area (Å²) in [6, 6.07) is 6.29. The summed E-state index contributed by atoms with van der Waals surface area (Å²) in [5.74, 6) is 0.894. The largest absolute Gasteiger partial charge is 0.489 e. The van der Waals surface area contributed by atoms with Crippen LogP contribution in [0.5, 0.6) is 5.75 Å². The topological polar surface area (TPSA) is 35.2 Å². The van der Waals surface area contributed by atoms with Crippen molar-refractivity contribution in [3.63, 3.8) is 0 Å². The number of hydrogen-bond donors (Lipinski definition) is 1. The molecule has 1 aromatic carbocycles. The minimum atomic E-state index is 0.129. The van der Waals surface area contributed by atoms with Crippen molar-refractivity contribution >= 4 is 11.6 Å². The highest BCUT2D eigenvalue weighted by molar-refractivity contribution is 6.25. The Morgan fingerprint density at radius 2 is 2.24 bits per heavy atom. The third-order valence-corrected chi connectivity index (χ3v) is 2.77. The lowest BCUT2D eigenvalue weighted by atomic mass is 10.0. The zero-order valence-corrected chi connectivity index (χ0v) is 11.4. The van der Waals surface area contributed by atoms with Crippen molar-refractivity contribution in [1.29, 1.82) is 0 Å². The summed E-state index contributed by atoms with van der Waals surface area (Å²) in [5, 5.41) is 0. The predicted molar refractivity (Wildman–Crippen MR) is 73.6 cm³/mol.